The van der Waals surface area contributed by atoms with E-state index in [0.717, 1.165) is 27.3 Å². The Bertz CT molecular complexity index is 1240. The number of thiophene rings is 1. The third-order valence-corrected chi connectivity index (χ3v) is 6.25. The average molecular weight is 425 g/mol. The zero-order chi connectivity index (χ0) is 21.2. The number of hydrogen-bond donors (Lipinski definition) is 0. The van der Waals surface area contributed by atoms with E-state index in [0.29, 0.717) is 17.1 Å². The molecule has 0 N–H and O–H groups in total. The van der Waals surface area contributed by atoms with Crippen LogP contribution in [0.25, 0.3) is 6.08 Å². The van der Waals surface area contributed by atoms with Gasteiger partial charge >= 0.3 is 0 Å². The van der Waals surface area contributed by atoms with Crippen LogP contribution < -0.4 is 9.47 Å². The molecule has 31 heavy (non-hydrogen) atoms. The predicted molar refractivity (Wildman–Crippen MR) is 124 cm³/mol. The van der Waals surface area contributed by atoms with Crippen molar-refractivity contribution in [1.82, 2.24) is 0 Å². The number of benzene rings is 3. The van der Waals surface area contributed by atoms with E-state index in [-0.39, 0.29) is 11.7 Å². The van der Waals surface area contributed by atoms with E-state index in [4.69, 9.17) is 9.47 Å². The van der Waals surface area contributed by atoms with Gasteiger partial charge in [0.25, 0.3) is 0 Å². The molecule has 0 amide bonds. The molecule has 5 rings (SSSR count). The fourth-order valence-corrected chi connectivity index (χ4v) is 4.68. The van der Waals surface area contributed by atoms with Crippen molar-refractivity contribution in [2.75, 3.05) is 7.11 Å². The Morgan fingerprint density at radius 1 is 0.839 bits per heavy atom. The van der Waals surface area contributed by atoms with Crippen molar-refractivity contribution in [2.45, 2.75) is 5.92 Å². The summed E-state index contributed by atoms with van der Waals surface area (Å²) in [6.45, 7) is 0. The molecule has 1 aliphatic rings. The summed E-state index contributed by atoms with van der Waals surface area (Å²) in [5, 5.41) is 2.02. The molecule has 0 bridgehead atoms. The molecule has 1 aromatic heterocycles. The van der Waals surface area contributed by atoms with Crippen molar-refractivity contribution < 1.29 is 14.3 Å². The first-order chi connectivity index (χ1) is 15.2. The van der Waals surface area contributed by atoms with Gasteiger partial charge in [-0.3, -0.25) is 4.79 Å². The quantitative estimate of drug-likeness (QED) is 0.325. The van der Waals surface area contributed by atoms with E-state index in [9.17, 15) is 4.79 Å². The van der Waals surface area contributed by atoms with Crippen LogP contribution in [0.5, 0.6) is 17.2 Å². The Morgan fingerprint density at radius 3 is 2.32 bits per heavy atom. The van der Waals surface area contributed by atoms with Gasteiger partial charge < -0.3 is 9.47 Å². The molecule has 0 fully saturated rings. The summed E-state index contributed by atoms with van der Waals surface area (Å²) in [5.41, 5.74) is 3.48. The second-order valence-electron chi connectivity index (χ2n) is 7.29. The Labute approximate surface area is 185 Å². The molecule has 0 saturated heterocycles. The minimum atomic E-state index is -0.120. The Morgan fingerprint density at radius 2 is 1.61 bits per heavy atom. The SMILES string of the molecule is COc1ccc(Oc2cccc3c2C(=O)/C(=C\c2cccs2)[C@H]3c2ccccc2)cc1. The highest BCUT2D eigenvalue weighted by Gasteiger charge is 2.38. The number of ether oxygens (including phenoxy) is 2. The number of hydrogen-bond acceptors (Lipinski definition) is 4. The number of allylic oxidation sites excluding steroid dienone is 1. The lowest BCUT2D eigenvalue weighted by molar-refractivity contribution is 0.103. The molecule has 1 atom stereocenters. The summed E-state index contributed by atoms with van der Waals surface area (Å²) in [6.07, 6.45) is 2.02. The monoisotopic (exact) mass is 424 g/mol. The van der Waals surface area contributed by atoms with Crippen LogP contribution in [-0.2, 0) is 0 Å². The minimum absolute atomic E-state index is 0.0152. The Kier molecular flexibility index (Phi) is 5.14. The molecule has 3 nitrogen and oxygen atoms in total. The van der Waals surface area contributed by atoms with Gasteiger partial charge in [-0.25, -0.2) is 0 Å². The standard InChI is InChI=1S/C27H20O3S/c1-29-19-12-14-20(15-13-19)30-24-11-5-10-22-25(18-7-3-2-4-8-18)23(27(28)26(22)24)17-21-9-6-16-31-21/h2-17,25H,1H3/b23-17-/t25-/m0/s1. The largest absolute Gasteiger partial charge is 0.497 e. The normalized spacial score (nSPS) is 16.4. The van der Waals surface area contributed by atoms with Crippen LogP contribution >= 0.6 is 11.3 Å². The van der Waals surface area contributed by atoms with Crippen molar-refractivity contribution in [3.05, 3.63) is 117 Å². The fraction of sp³-hybridized carbons (Fsp3) is 0.0741. The van der Waals surface area contributed by atoms with Crippen LogP contribution in [-0.4, -0.2) is 12.9 Å². The smallest absolute Gasteiger partial charge is 0.194 e. The molecule has 0 radical (unpaired) electrons. The number of fused-ring (bicyclic) bond motifs is 1. The number of methoxy groups -OCH3 is 1. The lowest BCUT2D eigenvalue weighted by atomic mass is 9.89. The zero-order valence-electron chi connectivity index (χ0n) is 16.9. The van der Waals surface area contributed by atoms with E-state index in [1.807, 2.05) is 84.3 Å². The number of carbonyl (C=O) groups is 1. The summed E-state index contributed by atoms with van der Waals surface area (Å²) in [7, 11) is 1.63. The maximum Gasteiger partial charge on any atom is 0.194 e. The molecule has 0 saturated carbocycles. The minimum Gasteiger partial charge on any atom is -0.497 e. The van der Waals surface area contributed by atoms with Gasteiger partial charge in [0.2, 0.25) is 0 Å². The lowest BCUT2D eigenvalue weighted by Crippen LogP contribution is -2.02. The van der Waals surface area contributed by atoms with Gasteiger partial charge in [-0.2, -0.15) is 0 Å². The molecule has 4 heteroatoms. The van der Waals surface area contributed by atoms with Crippen molar-refractivity contribution in [3.63, 3.8) is 0 Å². The molecule has 3 aromatic carbocycles. The molecule has 0 spiro atoms. The van der Waals surface area contributed by atoms with Gasteiger partial charge in [-0.15, -0.1) is 11.3 Å². The summed E-state index contributed by atoms with van der Waals surface area (Å²) < 4.78 is 11.4. The summed E-state index contributed by atoms with van der Waals surface area (Å²) in [6, 6.07) is 27.4. The highest BCUT2D eigenvalue weighted by atomic mass is 32.1. The van der Waals surface area contributed by atoms with Crippen LogP contribution in [0.3, 0.4) is 0 Å². The van der Waals surface area contributed by atoms with Gasteiger partial charge in [0.05, 0.1) is 12.7 Å². The molecular weight excluding hydrogens is 404 g/mol. The number of ketones is 1. The average Bonchev–Trinajstić information content (AvgIpc) is 3.42. The fourth-order valence-electron chi connectivity index (χ4n) is 4.01. The molecule has 1 heterocycles. The van der Waals surface area contributed by atoms with E-state index in [1.54, 1.807) is 18.4 Å². The maximum atomic E-state index is 13.7. The highest BCUT2D eigenvalue weighted by molar-refractivity contribution is 7.10. The first kappa shape index (κ1) is 19.3. The van der Waals surface area contributed by atoms with Gasteiger partial charge in [-0.1, -0.05) is 48.5 Å². The number of rotatable bonds is 5. The third kappa shape index (κ3) is 3.66. The topological polar surface area (TPSA) is 35.5 Å². The Hall–Kier alpha value is -3.63. The molecule has 152 valence electrons. The second kappa shape index (κ2) is 8.25. The highest BCUT2D eigenvalue weighted by Crippen LogP contribution is 2.47. The van der Waals surface area contributed by atoms with Gasteiger partial charge in [0.15, 0.2) is 5.78 Å². The molecule has 0 unspecified atom stereocenters. The Balaban J connectivity index is 1.62. The zero-order valence-corrected chi connectivity index (χ0v) is 17.8. The third-order valence-electron chi connectivity index (χ3n) is 5.43. The number of carbonyl (C=O) groups excluding carboxylic acids is 1. The van der Waals surface area contributed by atoms with Crippen LogP contribution in [0.2, 0.25) is 0 Å². The van der Waals surface area contributed by atoms with Crippen LogP contribution in [0, 0.1) is 0 Å². The van der Waals surface area contributed by atoms with Gasteiger partial charge in [-0.05, 0) is 59.0 Å². The first-order valence-electron chi connectivity index (χ1n) is 10.0. The van der Waals surface area contributed by atoms with E-state index in [1.165, 1.54) is 0 Å². The lowest BCUT2D eigenvalue weighted by Gasteiger charge is -2.14. The van der Waals surface area contributed by atoms with Crippen LogP contribution in [0.1, 0.15) is 32.3 Å². The van der Waals surface area contributed by atoms with E-state index in [2.05, 4.69) is 12.1 Å². The molecule has 1 aliphatic carbocycles. The molecule has 0 aliphatic heterocycles. The van der Waals surface area contributed by atoms with Gasteiger partial charge in [0, 0.05) is 16.4 Å². The van der Waals surface area contributed by atoms with Gasteiger partial charge in [0.1, 0.15) is 17.2 Å². The van der Waals surface area contributed by atoms with E-state index >= 15 is 0 Å². The molecule has 4 aromatic rings. The predicted octanol–water partition coefficient (Wildman–Crippen LogP) is 6.96. The van der Waals surface area contributed by atoms with Crippen LogP contribution in [0.15, 0.2) is 95.9 Å². The van der Waals surface area contributed by atoms with Crippen molar-refractivity contribution in [3.8, 4) is 17.2 Å². The van der Waals surface area contributed by atoms with Crippen molar-refractivity contribution >= 4 is 23.2 Å². The van der Waals surface area contributed by atoms with Crippen LogP contribution in [0.4, 0.5) is 0 Å². The first-order valence-corrected chi connectivity index (χ1v) is 10.9. The summed E-state index contributed by atoms with van der Waals surface area (Å²) in [5.74, 6) is 1.88. The van der Waals surface area contributed by atoms with Crippen molar-refractivity contribution in [1.29, 1.82) is 0 Å². The maximum absolute atomic E-state index is 13.7. The van der Waals surface area contributed by atoms with E-state index < -0.39 is 0 Å². The molecular formula is C27H20O3S. The second-order valence-corrected chi connectivity index (χ2v) is 8.27. The number of Topliss-reactive ketones (excluding diaryl/α,β-unsaturated/α-hetero) is 1. The summed E-state index contributed by atoms with van der Waals surface area (Å²) in [4.78, 5) is 14.7. The van der Waals surface area contributed by atoms with Crippen molar-refractivity contribution in [2.24, 2.45) is 0 Å². The summed E-state index contributed by atoms with van der Waals surface area (Å²) >= 11 is 1.63.